The summed E-state index contributed by atoms with van der Waals surface area (Å²) < 4.78 is 11.2. The Bertz CT molecular complexity index is 685. The predicted octanol–water partition coefficient (Wildman–Crippen LogP) is 1.21. The fourth-order valence-corrected chi connectivity index (χ4v) is 3.19. The molecule has 2 unspecified atom stereocenters. The van der Waals surface area contributed by atoms with Gasteiger partial charge in [-0.05, 0) is 32.9 Å². The minimum atomic E-state index is -0.655. The molecule has 0 bridgehead atoms. The maximum atomic E-state index is 12.6. The van der Waals surface area contributed by atoms with Crippen LogP contribution < -0.4 is 10.7 Å². The van der Waals surface area contributed by atoms with Gasteiger partial charge in [0.25, 0.3) is 5.91 Å². The maximum Gasteiger partial charge on any atom is 0.410 e. The molecule has 8 heteroatoms. The molecule has 2 heterocycles. The lowest BCUT2D eigenvalue weighted by molar-refractivity contribution is -0.119. The first-order valence-corrected chi connectivity index (χ1v) is 9.14. The molecule has 0 aromatic heterocycles. The van der Waals surface area contributed by atoms with Crippen molar-refractivity contribution in [2.24, 2.45) is 5.73 Å². The van der Waals surface area contributed by atoms with Gasteiger partial charge in [-0.2, -0.15) is 0 Å². The molecular weight excluding hydrogens is 348 g/mol. The lowest BCUT2D eigenvalue weighted by atomic mass is 10.1. The number of hydrogen-bond donors (Lipinski definition) is 1. The van der Waals surface area contributed by atoms with Crippen molar-refractivity contribution in [3.05, 3.63) is 30.3 Å². The van der Waals surface area contributed by atoms with Gasteiger partial charge in [-0.1, -0.05) is 18.2 Å². The monoisotopic (exact) mass is 376 g/mol. The standard InChI is InChI=1S/C19H28N4O4/c1-19(2,3)27-18(25)22-10-14(11-22)26-12-15-16(20)17(24)23(21(15)4)13-8-6-5-7-9-13/h5-9,14-16H,10-12,20H2,1-4H3. The summed E-state index contributed by atoms with van der Waals surface area (Å²) >= 11 is 0. The zero-order valence-corrected chi connectivity index (χ0v) is 16.3. The van der Waals surface area contributed by atoms with Crippen molar-refractivity contribution in [3.8, 4) is 0 Å². The number of benzene rings is 1. The van der Waals surface area contributed by atoms with Gasteiger partial charge in [0.2, 0.25) is 0 Å². The van der Waals surface area contributed by atoms with Gasteiger partial charge >= 0.3 is 6.09 Å². The van der Waals surface area contributed by atoms with Crippen molar-refractivity contribution in [1.82, 2.24) is 9.91 Å². The number of carbonyl (C=O) groups is 2. The fourth-order valence-electron chi connectivity index (χ4n) is 3.19. The first-order chi connectivity index (χ1) is 12.7. The number of nitrogens with two attached hydrogens (primary N) is 1. The summed E-state index contributed by atoms with van der Waals surface area (Å²) in [5.41, 5.74) is 6.40. The molecule has 0 saturated carbocycles. The summed E-state index contributed by atoms with van der Waals surface area (Å²) in [6.07, 6.45) is -0.401. The molecule has 0 radical (unpaired) electrons. The average molecular weight is 376 g/mol. The van der Waals surface area contributed by atoms with E-state index >= 15 is 0 Å². The second-order valence-electron chi connectivity index (χ2n) is 7.99. The Morgan fingerprint density at radius 1 is 1.22 bits per heavy atom. The van der Waals surface area contributed by atoms with Crippen LogP contribution in [0.2, 0.25) is 0 Å². The molecule has 2 aliphatic heterocycles. The second kappa shape index (κ2) is 7.46. The van der Waals surface area contributed by atoms with Crippen molar-refractivity contribution in [1.29, 1.82) is 0 Å². The van der Waals surface area contributed by atoms with E-state index in [-0.39, 0.29) is 24.1 Å². The molecule has 3 rings (SSSR count). The highest BCUT2D eigenvalue weighted by Crippen LogP contribution is 2.26. The number of hydrogen-bond acceptors (Lipinski definition) is 6. The third-order valence-corrected chi connectivity index (χ3v) is 4.71. The first kappa shape index (κ1) is 19.6. The summed E-state index contributed by atoms with van der Waals surface area (Å²) in [4.78, 5) is 26.1. The van der Waals surface area contributed by atoms with Crippen LogP contribution in [0.25, 0.3) is 0 Å². The van der Waals surface area contributed by atoms with Crippen LogP contribution in [0.1, 0.15) is 20.8 Å². The topological polar surface area (TPSA) is 88.3 Å². The first-order valence-electron chi connectivity index (χ1n) is 9.14. The van der Waals surface area contributed by atoms with E-state index in [9.17, 15) is 9.59 Å². The summed E-state index contributed by atoms with van der Waals surface area (Å²) in [6, 6.07) is 8.49. The third-order valence-electron chi connectivity index (χ3n) is 4.71. The fraction of sp³-hybridized carbons (Fsp3) is 0.579. The number of likely N-dealkylation sites (N-methyl/N-ethyl adjacent to an activating group) is 1. The number of carbonyl (C=O) groups excluding carboxylic acids is 2. The molecular formula is C19H28N4O4. The van der Waals surface area contributed by atoms with Crippen molar-refractivity contribution < 1.29 is 19.1 Å². The minimum Gasteiger partial charge on any atom is -0.444 e. The SMILES string of the molecule is CN1C(COC2CN(C(=O)OC(C)(C)C)C2)C(N)C(=O)N1c1ccccc1. The highest BCUT2D eigenvalue weighted by Gasteiger charge is 2.44. The van der Waals surface area contributed by atoms with Gasteiger partial charge in [-0.15, -0.1) is 0 Å². The van der Waals surface area contributed by atoms with E-state index in [4.69, 9.17) is 15.2 Å². The van der Waals surface area contributed by atoms with Crippen LogP contribution in [0.5, 0.6) is 0 Å². The van der Waals surface area contributed by atoms with Gasteiger partial charge in [0.05, 0.1) is 37.5 Å². The van der Waals surface area contributed by atoms with Crippen LogP contribution in [0.15, 0.2) is 30.3 Å². The van der Waals surface area contributed by atoms with Crippen molar-refractivity contribution >= 4 is 17.7 Å². The molecule has 0 aliphatic carbocycles. The molecule has 2 saturated heterocycles. The Morgan fingerprint density at radius 2 is 1.85 bits per heavy atom. The van der Waals surface area contributed by atoms with Gasteiger partial charge in [-0.25, -0.2) is 14.8 Å². The maximum absolute atomic E-state index is 12.6. The number of amides is 2. The molecule has 148 valence electrons. The molecule has 1 aromatic carbocycles. The Hall–Kier alpha value is -2.16. The minimum absolute atomic E-state index is 0.0704. The van der Waals surface area contributed by atoms with E-state index in [1.165, 1.54) is 0 Å². The highest BCUT2D eigenvalue weighted by molar-refractivity contribution is 5.99. The van der Waals surface area contributed by atoms with Gasteiger partial charge in [-0.3, -0.25) is 4.79 Å². The molecule has 2 atom stereocenters. The third kappa shape index (κ3) is 4.23. The number of anilines is 1. The molecule has 1 aromatic rings. The Morgan fingerprint density at radius 3 is 2.44 bits per heavy atom. The van der Waals surface area contributed by atoms with Crippen LogP contribution in [-0.2, 0) is 14.3 Å². The van der Waals surface area contributed by atoms with E-state index in [1.807, 2.05) is 63.2 Å². The largest absolute Gasteiger partial charge is 0.444 e. The van der Waals surface area contributed by atoms with Crippen LogP contribution >= 0.6 is 0 Å². The van der Waals surface area contributed by atoms with E-state index in [0.29, 0.717) is 19.7 Å². The average Bonchev–Trinajstić information content (AvgIpc) is 2.75. The molecule has 2 amide bonds. The van der Waals surface area contributed by atoms with E-state index in [1.54, 1.807) is 9.91 Å². The van der Waals surface area contributed by atoms with Crippen LogP contribution in [0.3, 0.4) is 0 Å². The molecule has 2 aliphatic rings. The molecule has 2 N–H and O–H groups in total. The van der Waals surface area contributed by atoms with Crippen LogP contribution in [0, 0.1) is 0 Å². The predicted molar refractivity (Wildman–Crippen MR) is 101 cm³/mol. The van der Waals surface area contributed by atoms with E-state index in [0.717, 1.165) is 5.69 Å². The van der Waals surface area contributed by atoms with Crippen LogP contribution in [-0.4, -0.2) is 72.4 Å². The van der Waals surface area contributed by atoms with E-state index in [2.05, 4.69) is 0 Å². The summed E-state index contributed by atoms with van der Waals surface area (Å²) in [5, 5.41) is 3.42. The summed E-state index contributed by atoms with van der Waals surface area (Å²) in [6.45, 7) is 6.80. The number of likely N-dealkylation sites (tertiary alicyclic amines) is 1. The number of hydrazine groups is 1. The lowest BCUT2D eigenvalue weighted by Gasteiger charge is -2.40. The van der Waals surface area contributed by atoms with Crippen LogP contribution in [0.4, 0.5) is 10.5 Å². The zero-order chi connectivity index (χ0) is 19.8. The number of para-hydroxylation sites is 1. The van der Waals surface area contributed by atoms with Crippen molar-refractivity contribution in [2.75, 3.05) is 31.8 Å². The molecule has 2 fully saturated rings. The quantitative estimate of drug-likeness (QED) is 0.850. The Balaban J connectivity index is 1.51. The summed E-state index contributed by atoms with van der Waals surface area (Å²) in [7, 11) is 1.83. The lowest BCUT2D eigenvalue weighted by Crippen LogP contribution is -2.57. The zero-order valence-electron chi connectivity index (χ0n) is 16.3. The van der Waals surface area contributed by atoms with Crippen molar-refractivity contribution in [2.45, 2.75) is 44.6 Å². The normalized spacial score (nSPS) is 24.3. The van der Waals surface area contributed by atoms with Gasteiger partial charge in [0.1, 0.15) is 11.6 Å². The number of rotatable bonds is 4. The number of ether oxygens (including phenoxy) is 2. The summed E-state index contributed by atoms with van der Waals surface area (Å²) in [5.74, 6) is -0.152. The Kier molecular flexibility index (Phi) is 5.41. The second-order valence-corrected chi connectivity index (χ2v) is 7.99. The molecule has 8 nitrogen and oxygen atoms in total. The Labute approximate surface area is 159 Å². The highest BCUT2D eigenvalue weighted by atomic mass is 16.6. The van der Waals surface area contributed by atoms with Crippen molar-refractivity contribution in [3.63, 3.8) is 0 Å². The smallest absolute Gasteiger partial charge is 0.410 e. The number of nitrogens with zero attached hydrogens (tertiary/aromatic N) is 3. The van der Waals surface area contributed by atoms with Gasteiger partial charge < -0.3 is 20.1 Å². The van der Waals surface area contributed by atoms with E-state index < -0.39 is 11.6 Å². The van der Waals surface area contributed by atoms with Gasteiger partial charge in [0.15, 0.2) is 0 Å². The molecule has 0 spiro atoms. The van der Waals surface area contributed by atoms with Gasteiger partial charge in [0, 0.05) is 7.05 Å². The molecule has 27 heavy (non-hydrogen) atoms.